The molecule has 1 amide bonds. The highest BCUT2D eigenvalue weighted by Gasteiger charge is 2.33. The zero-order valence-electron chi connectivity index (χ0n) is 11.9. The van der Waals surface area contributed by atoms with E-state index in [-0.39, 0.29) is 22.4 Å². The Bertz CT molecular complexity index is 533. The number of aromatic nitrogens is 1. The maximum atomic E-state index is 12.1. The Labute approximate surface area is 117 Å². The van der Waals surface area contributed by atoms with E-state index in [1.807, 2.05) is 0 Å². The molecule has 1 atom stereocenters. The van der Waals surface area contributed by atoms with Crippen LogP contribution in [0.25, 0.3) is 0 Å². The molecule has 0 aliphatic carbocycles. The Hall–Kier alpha value is -1.66. The fraction of sp³-hybridized carbons (Fsp3) is 0.571. The Morgan fingerprint density at radius 2 is 2.35 bits per heavy atom. The molecule has 3 N–H and O–H groups in total. The van der Waals surface area contributed by atoms with Gasteiger partial charge >= 0.3 is 0 Å². The molecule has 1 aliphatic rings. The first kappa shape index (κ1) is 14.7. The van der Waals surface area contributed by atoms with Crippen LogP contribution in [0.5, 0.6) is 0 Å². The summed E-state index contributed by atoms with van der Waals surface area (Å²) in [6.45, 7) is 3.69. The van der Waals surface area contributed by atoms with E-state index in [4.69, 9.17) is 4.74 Å². The van der Waals surface area contributed by atoms with E-state index in [1.54, 1.807) is 14.0 Å². The summed E-state index contributed by atoms with van der Waals surface area (Å²) in [4.78, 5) is 26.7. The predicted octanol–water partition coefficient (Wildman–Crippen LogP) is 0.182. The zero-order valence-corrected chi connectivity index (χ0v) is 11.9. The molecule has 6 nitrogen and oxygen atoms in total. The lowest BCUT2D eigenvalue weighted by atomic mass is 9.98. The van der Waals surface area contributed by atoms with Crippen molar-refractivity contribution in [3.05, 3.63) is 33.7 Å². The second-order valence-corrected chi connectivity index (χ2v) is 5.32. The number of carbonyl (C=O) groups is 1. The van der Waals surface area contributed by atoms with E-state index in [0.717, 1.165) is 25.1 Å². The molecule has 20 heavy (non-hydrogen) atoms. The van der Waals surface area contributed by atoms with Crippen LogP contribution in [0.3, 0.4) is 0 Å². The molecule has 0 aromatic carbocycles. The van der Waals surface area contributed by atoms with Crippen LogP contribution in [0.4, 0.5) is 0 Å². The van der Waals surface area contributed by atoms with Crippen LogP contribution < -0.4 is 16.1 Å². The summed E-state index contributed by atoms with van der Waals surface area (Å²) < 4.78 is 5.22. The van der Waals surface area contributed by atoms with Crippen LogP contribution in [0, 0.1) is 6.92 Å². The number of aromatic amines is 1. The summed E-state index contributed by atoms with van der Waals surface area (Å²) in [5, 5.41) is 6.20. The summed E-state index contributed by atoms with van der Waals surface area (Å²) in [7, 11) is 1.65. The fourth-order valence-corrected chi connectivity index (χ4v) is 2.57. The standard InChI is InChI=1S/C14H21N3O3/c1-10-6-12(18)11(7-15-10)13(19)16-8-14(9-20-2)4-3-5-17-14/h6-7,17H,3-5,8-9H2,1-2H3,(H,15,18)(H,16,19). The molecule has 1 unspecified atom stereocenters. The molecule has 1 aromatic heterocycles. The SMILES string of the molecule is COCC1(CNC(=O)c2c[nH]c(C)cc2=O)CCCN1. The van der Waals surface area contributed by atoms with Gasteiger partial charge in [-0.05, 0) is 26.3 Å². The Kier molecular flexibility index (Phi) is 4.57. The molecule has 1 aromatic rings. The van der Waals surface area contributed by atoms with Gasteiger partial charge in [-0.3, -0.25) is 9.59 Å². The summed E-state index contributed by atoms with van der Waals surface area (Å²) in [6, 6.07) is 1.42. The minimum atomic E-state index is -0.351. The van der Waals surface area contributed by atoms with Gasteiger partial charge in [0.2, 0.25) is 0 Å². The van der Waals surface area contributed by atoms with Crippen LogP contribution in [-0.2, 0) is 4.74 Å². The maximum absolute atomic E-state index is 12.1. The molecule has 1 saturated heterocycles. The summed E-state index contributed by atoms with van der Waals surface area (Å²) in [6.07, 6.45) is 3.47. The molecular weight excluding hydrogens is 258 g/mol. The third-order valence-corrected chi connectivity index (χ3v) is 3.64. The Morgan fingerprint density at radius 3 is 2.95 bits per heavy atom. The number of H-pyrrole nitrogens is 1. The Morgan fingerprint density at radius 1 is 1.55 bits per heavy atom. The molecule has 1 aliphatic heterocycles. The predicted molar refractivity (Wildman–Crippen MR) is 76.0 cm³/mol. The van der Waals surface area contributed by atoms with Crippen molar-refractivity contribution >= 4 is 5.91 Å². The number of methoxy groups -OCH3 is 1. The lowest BCUT2D eigenvalue weighted by molar-refractivity contribution is 0.0891. The molecule has 6 heteroatoms. The van der Waals surface area contributed by atoms with Crippen LogP contribution in [0.1, 0.15) is 28.9 Å². The van der Waals surface area contributed by atoms with Gasteiger partial charge in [0.25, 0.3) is 5.91 Å². The van der Waals surface area contributed by atoms with Gasteiger partial charge < -0.3 is 20.4 Å². The van der Waals surface area contributed by atoms with Crippen LogP contribution in [-0.4, -0.2) is 43.2 Å². The molecule has 0 spiro atoms. The van der Waals surface area contributed by atoms with Crippen molar-refractivity contribution in [3.63, 3.8) is 0 Å². The average Bonchev–Trinajstić information content (AvgIpc) is 2.85. The maximum Gasteiger partial charge on any atom is 0.256 e. The molecule has 1 fully saturated rings. The molecular formula is C14H21N3O3. The monoisotopic (exact) mass is 279 g/mol. The van der Waals surface area contributed by atoms with E-state index in [9.17, 15) is 9.59 Å². The van der Waals surface area contributed by atoms with Gasteiger partial charge in [0.15, 0.2) is 5.43 Å². The normalized spacial score (nSPS) is 21.9. The highest BCUT2D eigenvalue weighted by molar-refractivity contribution is 5.93. The molecule has 2 rings (SSSR count). The number of rotatable bonds is 5. The van der Waals surface area contributed by atoms with Gasteiger partial charge in [-0.2, -0.15) is 0 Å². The van der Waals surface area contributed by atoms with Gasteiger partial charge in [0, 0.05) is 31.6 Å². The van der Waals surface area contributed by atoms with Gasteiger partial charge in [0.1, 0.15) is 5.56 Å². The van der Waals surface area contributed by atoms with Gasteiger partial charge in [-0.25, -0.2) is 0 Å². The Balaban J connectivity index is 2.02. The minimum absolute atomic E-state index is 0.140. The first-order valence-electron chi connectivity index (χ1n) is 6.78. The van der Waals surface area contributed by atoms with Crippen molar-refractivity contribution in [1.29, 1.82) is 0 Å². The number of amides is 1. The van der Waals surface area contributed by atoms with E-state index < -0.39 is 0 Å². The highest BCUT2D eigenvalue weighted by Crippen LogP contribution is 2.18. The fourth-order valence-electron chi connectivity index (χ4n) is 2.57. The molecule has 110 valence electrons. The lowest BCUT2D eigenvalue weighted by Gasteiger charge is -2.28. The quantitative estimate of drug-likeness (QED) is 0.718. The van der Waals surface area contributed by atoms with E-state index in [0.29, 0.717) is 13.2 Å². The number of hydrogen-bond donors (Lipinski definition) is 3. The minimum Gasteiger partial charge on any atom is -0.383 e. The first-order chi connectivity index (χ1) is 9.56. The van der Waals surface area contributed by atoms with Crippen molar-refractivity contribution in [2.24, 2.45) is 0 Å². The molecule has 2 heterocycles. The van der Waals surface area contributed by atoms with E-state index >= 15 is 0 Å². The number of aryl methyl sites for hydroxylation is 1. The van der Waals surface area contributed by atoms with Crippen molar-refractivity contribution in [2.45, 2.75) is 25.3 Å². The largest absolute Gasteiger partial charge is 0.383 e. The van der Waals surface area contributed by atoms with E-state index in [1.165, 1.54) is 12.3 Å². The summed E-state index contributed by atoms with van der Waals surface area (Å²) in [5.74, 6) is -0.351. The number of hydrogen-bond acceptors (Lipinski definition) is 4. The number of pyridine rings is 1. The number of nitrogens with one attached hydrogen (secondary N) is 3. The first-order valence-corrected chi connectivity index (χ1v) is 6.78. The van der Waals surface area contributed by atoms with Gasteiger partial charge in [-0.1, -0.05) is 0 Å². The van der Waals surface area contributed by atoms with Crippen molar-refractivity contribution < 1.29 is 9.53 Å². The molecule has 0 radical (unpaired) electrons. The van der Waals surface area contributed by atoms with E-state index in [2.05, 4.69) is 15.6 Å². The lowest BCUT2D eigenvalue weighted by Crippen LogP contribution is -2.53. The topological polar surface area (TPSA) is 83.2 Å². The second kappa shape index (κ2) is 6.19. The zero-order chi connectivity index (χ0) is 14.6. The number of ether oxygens (including phenoxy) is 1. The van der Waals surface area contributed by atoms with Crippen molar-refractivity contribution in [3.8, 4) is 0 Å². The van der Waals surface area contributed by atoms with Crippen LogP contribution in [0.15, 0.2) is 17.1 Å². The van der Waals surface area contributed by atoms with Crippen LogP contribution >= 0.6 is 0 Å². The highest BCUT2D eigenvalue weighted by atomic mass is 16.5. The van der Waals surface area contributed by atoms with Crippen molar-refractivity contribution in [2.75, 3.05) is 26.8 Å². The smallest absolute Gasteiger partial charge is 0.256 e. The van der Waals surface area contributed by atoms with Gasteiger partial charge in [0.05, 0.1) is 12.1 Å². The molecule has 0 bridgehead atoms. The summed E-state index contributed by atoms with van der Waals surface area (Å²) in [5.41, 5.74) is 0.391. The average molecular weight is 279 g/mol. The number of carbonyl (C=O) groups excluding carboxylic acids is 1. The third-order valence-electron chi connectivity index (χ3n) is 3.64. The van der Waals surface area contributed by atoms with Crippen LogP contribution in [0.2, 0.25) is 0 Å². The molecule has 0 saturated carbocycles. The summed E-state index contributed by atoms with van der Waals surface area (Å²) >= 11 is 0. The second-order valence-electron chi connectivity index (χ2n) is 5.32. The van der Waals surface area contributed by atoms with Crippen molar-refractivity contribution in [1.82, 2.24) is 15.6 Å². The third kappa shape index (κ3) is 3.26. The van der Waals surface area contributed by atoms with Gasteiger partial charge in [-0.15, -0.1) is 0 Å².